The first-order chi connectivity index (χ1) is 46.7. The molecule has 0 bridgehead atoms. The summed E-state index contributed by atoms with van der Waals surface area (Å²) in [5.41, 5.74) is 0. The number of rotatable bonds is 66. The minimum atomic E-state index is -5.00. The van der Waals surface area contributed by atoms with Gasteiger partial charge in [-0.15, -0.1) is 0 Å². The minimum Gasteiger partial charge on any atom is -0.462 e. The predicted molar refractivity (Wildman–Crippen MR) is 390 cm³/mol. The second kappa shape index (κ2) is 68.5. The third-order valence-electron chi connectivity index (χ3n) is 14.3. The highest BCUT2D eigenvalue weighted by Crippen LogP contribution is 2.45. The summed E-state index contributed by atoms with van der Waals surface area (Å²) in [6, 6.07) is 0. The van der Waals surface area contributed by atoms with Crippen LogP contribution in [-0.4, -0.2) is 96.7 Å². The molecule has 3 N–H and O–H groups in total. The van der Waals surface area contributed by atoms with Gasteiger partial charge in [0.05, 0.1) is 32.8 Å². The van der Waals surface area contributed by atoms with Crippen molar-refractivity contribution in [3.05, 3.63) is 146 Å². The summed E-state index contributed by atoms with van der Waals surface area (Å²) in [4.78, 5) is 72.6. The molecule has 0 heterocycles. The van der Waals surface area contributed by atoms with Crippen LogP contribution in [0.1, 0.15) is 259 Å². The van der Waals surface area contributed by atoms with Crippen molar-refractivity contribution in [1.82, 2.24) is 0 Å². The molecular weight excluding hydrogens is 1260 g/mol. The summed E-state index contributed by atoms with van der Waals surface area (Å²) >= 11 is 0. The van der Waals surface area contributed by atoms with Gasteiger partial charge in [-0.3, -0.25) is 37.3 Å². The molecule has 0 spiro atoms. The second-order valence-electron chi connectivity index (χ2n) is 23.4. The normalized spacial score (nSPS) is 14.9. The van der Waals surface area contributed by atoms with Gasteiger partial charge in [0.1, 0.15) is 19.3 Å². The lowest BCUT2D eigenvalue weighted by atomic mass is 10.1. The van der Waals surface area contributed by atoms with E-state index in [4.69, 9.17) is 37.0 Å². The zero-order valence-electron chi connectivity index (χ0n) is 59.2. The molecular formula is C77H126O17P2. The topological polar surface area (TPSA) is 237 Å². The molecule has 0 aromatic heterocycles. The van der Waals surface area contributed by atoms with E-state index in [1.807, 2.05) is 18.2 Å². The first-order valence-electron chi connectivity index (χ1n) is 36.1. The molecule has 17 nitrogen and oxygen atoms in total. The molecule has 0 saturated carbocycles. The van der Waals surface area contributed by atoms with Crippen molar-refractivity contribution in [2.45, 2.75) is 277 Å². The summed E-state index contributed by atoms with van der Waals surface area (Å²) in [6.07, 6.45) is 76.1. The first kappa shape index (κ1) is 90.9. The van der Waals surface area contributed by atoms with Crippen molar-refractivity contribution >= 4 is 39.5 Å². The number of aliphatic hydroxyl groups is 1. The molecule has 5 atom stereocenters. The zero-order valence-corrected chi connectivity index (χ0v) is 61.0. The molecule has 0 amide bonds. The van der Waals surface area contributed by atoms with Gasteiger partial charge in [0.15, 0.2) is 12.2 Å². The summed E-state index contributed by atoms with van der Waals surface area (Å²) in [5.74, 6) is -2.41. The fourth-order valence-electron chi connectivity index (χ4n) is 8.82. The smallest absolute Gasteiger partial charge is 0.462 e. The molecule has 0 aliphatic heterocycles. The lowest BCUT2D eigenvalue weighted by molar-refractivity contribution is -0.161. The van der Waals surface area contributed by atoms with Crippen molar-refractivity contribution < 1.29 is 80.2 Å². The summed E-state index contributed by atoms with van der Waals surface area (Å²) in [5, 5.41) is 10.6. The van der Waals surface area contributed by atoms with E-state index in [2.05, 4.69) is 149 Å². The van der Waals surface area contributed by atoms with E-state index >= 15 is 0 Å². The van der Waals surface area contributed by atoms with Crippen molar-refractivity contribution in [3.63, 3.8) is 0 Å². The van der Waals surface area contributed by atoms with E-state index < -0.39 is 97.5 Å². The molecule has 0 radical (unpaired) electrons. The van der Waals surface area contributed by atoms with Crippen LogP contribution in [0.3, 0.4) is 0 Å². The number of aliphatic hydroxyl groups excluding tert-OH is 1. The van der Waals surface area contributed by atoms with Gasteiger partial charge in [-0.05, 0) is 141 Å². The van der Waals surface area contributed by atoms with E-state index in [-0.39, 0.29) is 25.7 Å². The van der Waals surface area contributed by atoms with E-state index in [1.165, 1.54) is 32.1 Å². The van der Waals surface area contributed by atoms with E-state index in [9.17, 15) is 43.2 Å². The molecule has 0 aliphatic rings. The Morgan fingerprint density at radius 1 is 0.312 bits per heavy atom. The lowest BCUT2D eigenvalue weighted by Gasteiger charge is -2.21. The number of allylic oxidation sites excluding steroid dienone is 23. The van der Waals surface area contributed by atoms with E-state index in [0.717, 1.165) is 148 Å². The van der Waals surface area contributed by atoms with Gasteiger partial charge in [-0.25, -0.2) is 9.13 Å². The Morgan fingerprint density at radius 2 is 0.594 bits per heavy atom. The van der Waals surface area contributed by atoms with Crippen LogP contribution < -0.4 is 0 Å². The number of hydrogen-bond acceptors (Lipinski definition) is 15. The number of unbranched alkanes of at least 4 members (excludes halogenated alkanes) is 17. The monoisotopic (exact) mass is 1380 g/mol. The van der Waals surface area contributed by atoms with Crippen molar-refractivity contribution in [3.8, 4) is 0 Å². The summed E-state index contributed by atoms with van der Waals surface area (Å²) in [6.45, 7) is 4.35. The number of phosphoric ester groups is 2. The highest BCUT2D eigenvalue weighted by molar-refractivity contribution is 7.47. The second-order valence-corrected chi connectivity index (χ2v) is 26.3. The van der Waals surface area contributed by atoms with Gasteiger partial charge in [0, 0.05) is 19.3 Å². The third-order valence-corrected chi connectivity index (χ3v) is 16.2. The van der Waals surface area contributed by atoms with Crippen molar-refractivity contribution in [2.75, 3.05) is 39.6 Å². The SMILES string of the molecule is CC/C=C\C/C=C\C/C=C\C/C=C\C/C=C\CC(=O)OCC(COP(=O)(O)OCC(O)COP(=O)(O)OCC(COC(=O)CCCC/C=C\C/C=C\C/C=C\C/C=C\CC)OC(=O)CCCCCCC/C=C\CCCC)OC(=O)CCCCCCC/C=C\C/C=C\CCCCC. The number of hydrogen-bond donors (Lipinski definition) is 3. The predicted octanol–water partition coefficient (Wildman–Crippen LogP) is 20.3. The average Bonchev–Trinajstić information content (AvgIpc) is 1.09. The molecule has 0 aliphatic carbocycles. The van der Waals surface area contributed by atoms with Gasteiger partial charge in [0.2, 0.25) is 0 Å². The highest BCUT2D eigenvalue weighted by atomic mass is 31.2. The summed E-state index contributed by atoms with van der Waals surface area (Å²) < 4.78 is 68.1. The summed E-state index contributed by atoms with van der Waals surface area (Å²) in [7, 11) is -9.99. The number of phosphoric acid groups is 2. The Bertz CT molecular complexity index is 2400. The van der Waals surface area contributed by atoms with Crippen LogP contribution in [0.4, 0.5) is 0 Å². The molecule has 546 valence electrons. The molecule has 96 heavy (non-hydrogen) atoms. The quantitative estimate of drug-likeness (QED) is 0.0169. The molecule has 0 saturated heterocycles. The third kappa shape index (κ3) is 67.5. The number of ether oxygens (including phenoxy) is 4. The standard InChI is InChI=1S/C77H126O17P2/c1-5-9-13-17-21-25-29-32-35-38-42-45-49-53-57-61-74(79)87-67-72(93-76(81)63-59-55-51-47-41-28-24-20-16-12-8-4)69-91-95(83,84)89-65-71(78)66-90-96(85,86)92-70-73(94-77(82)64-60-56-52-48-44-40-37-34-31-27-23-19-15-11-7-3)68-88-75(80)62-58-54-50-46-43-39-36-33-30-26-22-18-14-10-6-2/h9-10,13-14,20-27,32-37,42-43,45-46,54,58,71-73,78H,5-8,11-12,15-19,28-31,38-41,44,47-53,55-57,59-70H2,1-4H3,(H,83,84)(H,85,86)/b13-9-,14-10-,24-20-,25-21-,26-22-,27-23-,35-32-,36-33-,37-34-,45-42-,46-43-,58-54-. The van der Waals surface area contributed by atoms with Gasteiger partial charge in [-0.1, -0.05) is 238 Å². The van der Waals surface area contributed by atoms with E-state index in [0.29, 0.717) is 25.7 Å². The van der Waals surface area contributed by atoms with Crippen LogP contribution in [0.2, 0.25) is 0 Å². The lowest BCUT2D eigenvalue weighted by Crippen LogP contribution is -2.30. The van der Waals surface area contributed by atoms with Crippen LogP contribution in [0, 0.1) is 0 Å². The maximum absolute atomic E-state index is 13.0. The van der Waals surface area contributed by atoms with Gasteiger partial charge in [0.25, 0.3) is 0 Å². The van der Waals surface area contributed by atoms with Crippen LogP contribution in [-0.2, 0) is 65.4 Å². The Kier molecular flexibility index (Phi) is 64.9. The number of esters is 4. The molecule has 0 fully saturated rings. The van der Waals surface area contributed by atoms with Crippen LogP contribution >= 0.6 is 15.6 Å². The first-order valence-corrected chi connectivity index (χ1v) is 39.1. The Hall–Kier alpha value is -5.06. The fraction of sp³-hybridized carbons (Fsp3) is 0.636. The van der Waals surface area contributed by atoms with Gasteiger partial charge >= 0.3 is 39.5 Å². The molecule has 0 aromatic rings. The van der Waals surface area contributed by atoms with Crippen molar-refractivity contribution in [2.24, 2.45) is 0 Å². The minimum absolute atomic E-state index is 0.0544. The Morgan fingerprint density at radius 3 is 0.990 bits per heavy atom. The molecule has 5 unspecified atom stereocenters. The molecule has 19 heteroatoms. The Labute approximate surface area is 579 Å². The molecule has 0 rings (SSSR count). The fourth-order valence-corrected chi connectivity index (χ4v) is 10.4. The number of carbonyl (C=O) groups is 4. The molecule has 0 aromatic carbocycles. The van der Waals surface area contributed by atoms with E-state index in [1.54, 1.807) is 6.08 Å². The average molecular weight is 1390 g/mol. The van der Waals surface area contributed by atoms with Gasteiger partial charge in [-0.2, -0.15) is 0 Å². The van der Waals surface area contributed by atoms with Crippen molar-refractivity contribution in [1.29, 1.82) is 0 Å². The van der Waals surface area contributed by atoms with Gasteiger partial charge < -0.3 is 33.8 Å². The maximum atomic E-state index is 13.0. The zero-order chi connectivity index (χ0) is 70.4. The maximum Gasteiger partial charge on any atom is 0.472 e. The van der Waals surface area contributed by atoms with Crippen LogP contribution in [0.25, 0.3) is 0 Å². The highest BCUT2D eigenvalue weighted by Gasteiger charge is 2.30. The van der Waals surface area contributed by atoms with Crippen LogP contribution in [0.15, 0.2) is 146 Å². The largest absolute Gasteiger partial charge is 0.472 e. The Balaban J connectivity index is 5.46. The number of carbonyl (C=O) groups excluding carboxylic acids is 4. The van der Waals surface area contributed by atoms with Crippen LogP contribution in [0.5, 0.6) is 0 Å².